The molecule has 0 amide bonds. The van der Waals surface area contributed by atoms with Gasteiger partial charge in [0.1, 0.15) is 24.3 Å². The summed E-state index contributed by atoms with van der Waals surface area (Å²) in [6.45, 7) is 2.32. The molecule has 2 rings (SSSR count). The van der Waals surface area contributed by atoms with E-state index in [-0.39, 0.29) is 23.9 Å². The van der Waals surface area contributed by atoms with E-state index in [0.29, 0.717) is 26.2 Å². The van der Waals surface area contributed by atoms with Gasteiger partial charge in [-0.15, -0.1) is 0 Å². The number of hydrogen-bond acceptors (Lipinski definition) is 5. The molecule has 0 saturated carbocycles. The molecule has 1 aliphatic rings. The monoisotopic (exact) mass is 384 g/mol. The predicted octanol–water partition coefficient (Wildman–Crippen LogP) is 2.24. The lowest BCUT2D eigenvalue weighted by Crippen LogP contribution is -2.48. The summed E-state index contributed by atoms with van der Waals surface area (Å²) in [6.07, 6.45) is -6.24. The molecule has 10 heteroatoms. The molecule has 140 valence electrons. The number of benzene rings is 1. The Bertz CT molecular complexity index is 595. The normalized spacial score (nSPS) is 17.2. The summed E-state index contributed by atoms with van der Waals surface area (Å²) in [7, 11) is 0. The van der Waals surface area contributed by atoms with Gasteiger partial charge in [-0.05, 0) is 12.1 Å². The molecule has 0 aromatic heterocycles. The molecule has 1 heterocycles. The molecule has 1 atom stereocenters. The van der Waals surface area contributed by atoms with Crippen molar-refractivity contribution in [3.05, 3.63) is 29.0 Å². The van der Waals surface area contributed by atoms with Crippen molar-refractivity contribution in [2.45, 2.75) is 12.3 Å². The van der Waals surface area contributed by atoms with Crippen LogP contribution in [-0.4, -0.2) is 62.5 Å². The molecule has 1 aromatic carbocycles. The second kappa shape index (κ2) is 8.68. The van der Waals surface area contributed by atoms with Crippen molar-refractivity contribution in [3.63, 3.8) is 0 Å². The molecular formula is C15H17ClF4N2O3. The Kier molecular flexibility index (Phi) is 6.86. The number of halogens is 5. The van der Waals surface area contributed by atoms with Crippen LogP contribution >= 0.6 is 11.6 Å². The minimum absolute atomic E-state index is 0.0790. The number of carbonyl (C=O) groups is 1. The molecule has 1 unspecified atom stereocenters. The van der Waals surface area contributed by atoms with Crippen molar-refractivity contribution in [3.8, 4) is 5.75 Å². The zero-order valence-electron chi connectivity index (χ0n) is 13.1. The van der Waals surface area contributed by atoms with Crippen LogP contribution in [0.15, 0.2) is 18.2 Å². The van der Waals surface area contributed by atoms with Gasteiger partial charge in [-0.2, -0.15) is 13.2 Å². The lowest BCUT2D eigenvalue weighted by molar-refractivity contribution is -0.206. The Hall–Kier alpha value is -1.58. The first-order valence-corrected chi connectivity index (χ1v) is 7.92. The molecule has 5 nitrogen and oxygen atoms in total. The molecule has 0 bridgehead atoms. The van der Waals surface area contributed by atoms with Crippen molar-refractivity contribution in [2.24, 2.45) is 0 Å². The van der Waals surface area contributed by atoms with Crippen LogP contribution in [0.25, 0.3) is 0 Å². The van der Waals surface area contributed by atoms with Gasteiger partial charge >= 0.3 is 12.1 Å². The second-order valence-corrected chi connectivity index (χ2v) is 5.87. The van der Waals surface area contributed by atoms with Crippen LogP contribution in [0.3, 0.4) is 0 Å². The summed E-state index contributed by atoms with van der Waals surface area (Å²) in [5.41, 5.74) is 0. The average Bonchev–Trinajstić information content (AvgIpc) is 2.55. The molecule has 0 spiro atoms. The van der Waals surface area contributed by atoms with Crippen molar-refractivity contribution >= 4 is 17.6 Å². The molecule has 0 radical (unpaired) electrons. The summed E-state index contributed by atoms with van der Waals surface area (Å²) in [6, 6.07) is 3.65. The summed E-state index contributed by atoms with van der Waals surface area (Å²) in [4.78, 5) is 13.0. The van der Waals surface area contributed by atoms with Crippen LogP contribution in [-0.2, 0) is 9.53 Å². The number of hydrogen-bond donors (Lipinski definition) is 1. The van der Waals surface area contributed by atoms with E-state index < -0.39 is 24.1 Å². The fraction of sp³-hybridized carbons (Fsp3) is 0.533. The molecule has 1 aromatic rings. The van der Waals surface area contributed by atoms with Gasteiger partial charge in [0.25, 0.3) is 0 Å². The highest BCUT2D eigenvalue weighted by Crippen LogP contribution is 2.22. The van der Waals surface area contributed by atoms with Gasteiger partial charge in [-0.25, -0.2) is 9.18 Å². The van der Waals surface area contributed by atoms with Gasteiger partial charge in [0, 0.05) is 38.8 Å². The second-order valence-electron chi connectivity index (χ2n) is 5.46. The highest BCUT2D eigenvalue weighted by atomic mass is 35.5. The van der Waals surface area contributed by atoms with E-state index in [0.717, 1.165) is 6.07 Å². The number of rotatable bonds is 6. The predicted molar refractivity (Wildman–Crippen MR) is 82.1 cm³/mol. The van der Waals surface area contributed by atoms with E-state index in [1.807, 2.05) is 4.90 Å². The molecule has 1 aliphatic heterocycles. The van der Waals surface area contributed by atoms with Crippen LogP contribution in [0.5, 0.6) is 5.75 Å². The fourth-order valence-corrected chi connectivity index (χ4v) is 2.40. The van der Waals surface area contributed by atoms with Gasteiger partial charge in [0.2, 0.25) is 0 Å². The maximum Gasteiger partial charge on any atom is 0.490 e. The van der Waals surface area contributed by atoms with Crippen LogP contribution in [0.2, 0.25) is 5.02 Å². The number of piperazine rings is 1. The van der Waals surface area contributed by atoms with Crippen molar-refractivity contribution in [1.82, 2.24) is 10.2 Å². The smallest absolute Gasteiger partial charge is 0.490 e. The van der Waals surface area contributed by atoms with Crippen LogP contribution in [0.4, 0.5) is 17.6 Å². The van der Waals surface area contributed by atoms with Gasteiger partial charge in [-0.3, -0.25) is 4.90 Å². The first-order valence-electron chi connectivity index (χ1n) is 7.54. The molecule has 1 saturated heterocycles. The molecular weight excluding hydrogens is 368 g/mol. The van der Waals surface area contributed by atoms with Crippen molar-refractivity contribution in [1.29, 1.82) is 0 Å². The summed E-state index contributed by atoms with van der Waals surface area (Å²) in [5.74, 6) is -2.92. The Labute approximate surface area is 146 Å². The van der Waals surface area contributed by atoms with E-state index >= 15 is 0 Å². The third kappa shape index (κ3) is 6.33. The van der Waals surface area contributed by atoms with E-state index in [4.69, 9.17) is 16.3 Å². The third-order valence-corrected chi connectivity index (χ3v) is 3.81. The Morgan fingerprint density at radius 1 is 1.32 bits per heavy atom. The number of esters is 1. The quantitative estimate of drug-likeness (QED) is 0.602. The number of nitrogens with one attached hydrogen (secondary N) is 1. The highest BCUT2D eigenvalue weighted by molar-refractivity contribution is 6.30. The Balaban J connectivity index is 1.99. The summed E-state index contributed by atoms with van der Waals surface area (Å²) in [5, 5.41) is 3.00. The van der Waals surface area contributed by atoms with E-state index in [1.54, 1.807) is 0 Å². The molecule has 1 N–H and O–H groups in total. The lowest BCUT2D eigenvalue weighted by atomic mass is 10.3. The zero-order chi connectivity index (χ0) is 18.4. The SMILES string of the molecule is O=C(OC(COc1ccc(Cl)c(F)c1)CN1CCNCC1)C(F)(F)F. The number of ether oxygens (including phenoxy) is 2. The topological polar surface area (TPSA) is 50.8 Å². The minimum atomic E-state index is -5.09. The standard InChI is InChI=1S/C15H17ClF4N2O3/c16-12-2-1-10(7-13(12)17)24-9-11(25-14(23)15(18,19)20)8-22-5-3-21-4-6-22/h1-2,7,11,21H,3-6,8-9H2. The largest absolute Gasteiger partial charge is 0.490 e. The van der Waals surface area contributed by atoms with E-state index in [2.05, 4.69) is 10.1 Å². The number of nitrogens with zero attached hydrogens (tertiary/aromatic N) is 1. The molecule has 1 fully saturated rings. The van der Waals surface area contributed by atoms with Gasteiger partial charge in [-0.1, -0.05) is 11.6 Å². The minimum Gasteiger partial charge on any atom is -0.490 e. The zero-order valence-corrected chi connectivity index (χ0v) is 13.9. The summed E-state index contributed by atoms with van der Waals surface area (Å²) >= 11 is 5.55. The van der Waals surface area contributed by atoms with Crippen LogP contribution in [0.1, 0.15) is 0 Å². The van der Waals surface area contributed by atoms with E-state index in [1.165, 1.54) is 12.1 Å². The molecule has 0 aliphatic carbocycles. The van der Waals surface area contributed by atoms with Gasteiger partial charge in [0.15, 0.2) is 0 Å². The van der Waals surface area contributed by atoms with Crippen LogP contribution in [0, 0.1) is 5.82 Å². The number of carbonyl (C=O) groups excluding carboxylic acids is 1. The summed E-state index contributed by atoms with van der Waals surface area (Å²) < 4.78 is 60.5. The van der Waals surface area contributed by atoms with Gasteiger partial charge in [0.05, 0.1) is 5.02 Å². The number of alkyl halides is 3. The Morgan fingerprint density at radius 2 is 2.00 bits per heavy atom. The van der Waals surface area contributed by atoms with Crippen LogP contribution < -0.4 is 10.1 Å². The van der Waals surface area contributed by atoms with Crippen molar-refractivity contribution in [2.75, 3.05) is 39.3 Å². The Morgan fingerprint density at radius 3 is 2.60 bits per heavy atom. The first kappa shape index (κ1) is 19.7. The lowest BCUT2D eigenvalue weighted by Gasteiger charge is -2.30. The first-order chi connectivity index (χ1) is 11.8. The maximum absolute atomic E-state index is 13.4. The molecule has 25 heavy (non-hydrogen) atoms. The highest BCUT2D eigenvalue weighted by Gasteiger charge is 2.42. The van der Waals surface area contributed by atoms with Crippen molar-refractivity contribution < 1.29 is 31.8 Å². The third-order valence-electron chi connectivity index (χ3n) is 3.50. The fourth-order valence-electron chi connectivity index (χ4n) is 2.28. The maximum atomic E-state index is 13.4. The van der Waals surface area contributed by atoms with Gasteiger partial charge < -0.3 is 14.8 Å². The average molecular weight is 385 g/mol. The van der Waals surface area contributed by atoms with E-state index in [9.17, 15) is 22.4 Å².